The monoisotopic (exact) mass is 183 g/mol. The molecule has 13 heavy (non-hydrogen) atoms. The number of hydrogen-bond donors (Lipinski definition) is 1. The van der Waals surface area contributed by atoms with E-state index in [4.69, 9.17) is 5.73 Å². The van der Waals surface area contributed by atoms with E-state index in [0.717, 1.165) is 12.3 Å². The topological polar surface area (TPSA) is 43.1 Å². The number of nitrogens with two attached hydrogens (primary N) is 1. The average molecular weight is 183 g/mol. The zero-order valence-electron chi connectivity index (χ0n) is 8.75. The molecular formula is C11H21NO. The van der Waals surface area contributed by atoms with E-state index < -0.39 is 0 Å². The maximum absolute atomic E-state index is 10.9. The van der Waals surface area contributed by atoms with Crippen molar-refractivity contribution in [3.8, 4) is 0 Å². The second kappa shape index (κ2) is 4.75. The van der Waals surface area contributed by atoms with Crippen molar-refractivity contribution in [1.29, 1.82) is 0 Å². The minimum Gasteiger partial charge on any atom is -0.322 e. The summed E-state index contributed by atoms with van der Waals surface area (Å²) in [7, 11) is 0. The molecule has 0 unspecified atom stereocenters. The molecule has 1 rings (SSSR count). The van der Waals surface area contributed by atoms with Gasteiger partial charge in [0, 0.05) is 0 Å². The molecule has 0 radical (unpaired) electrons. The van der Waals surface area contributed by atoms with Gasteiger partial charge in [0.05, 0.1) is 6.04 Å². The molecule has 0 heterocycles. The van der Waals surface area contributed by atoms with E-state index in [1.54, 1.807) is 6.92 Å². The third-order valence-electron chi connectivity index (χ3n) is 2.94. The Hall–Kier alpha value is -0.370. The van der Waals surface area contributed by atoms with Gasteiger partial charge in [-0.1, -0.05) is 32.6 Å². The number of carbonyl (C=O) groups excluding carboxylic acids is 1. The number of ketones is 1. The first-order valence-corrected chi connectivity index (χ1v) is 5.35. The normalized spacial score (nSPS) is 21.2. The van der Waals surface area contributed by atoms with Crippen LogP contribution in [0.15, 0.2) is 0 Å². The zero-order valence-corrected chi connectivity index (χ0v) is 8.75. The highest BCUT2D eigenvalue weighted by molar-refractivity contribution is 5.81. The standard InChI is InChI=1S/C11H21NO/c1-8(3-4-10-5-6-10)7-11(12)9(2)13/h8,10-11H,3-7,12H2,1-2H3/t8-,11+/m1/s1. The fraction of sp³-hybridized carbons (Fsp3) is 0.909. The zero-order chi connectivity index (χ0) is 9.84. The van der Waals surface area contributed by atoms with Gasteiger partial charge in [-0.25, -0.2) is 0 Å². The summed E-state index contributed by atoms with van der Waals surface area (Å²) < 4.78 is 0. The Labute approximate surface area is 80.9 Å². The highest BCUT2D eigenvalue weighted by Crippen LogP contribution is 2.35. The second-order valence-corrected chi connectivity index (χ2v) is 4.58. The Balaban J connectivity index is 2.07. The van der Waals surface area contributed by atoms with Crippen LogP contribution >= 0.6 is 0 Å². The number of rotatable bonds is 6. The van der Waals surface area contributed by atoms with Gasteiger partial charge in [0.2, 0.25) is 0 Å². The molecule has 2 nitrogen and oxygen atoms in total. The largest absolute Gasteiger partial charge is 0.322 e. The molecule has 0 spiro atoms. The van der Waals surface area contributed by atoms with Gasteiger partial charge in [0.15, 0.2) is 0 Å². The van der Waals surface area contributed by atoms with E-state index in [2.05, 4.69) is 6.92 Å². The van der Waals surface area contributed by atoms with E-state index in [1.807, 2.05) is 0 Å². The first-order chi connectivity index (χ1) is 6.09. The molecular weight excluding hydrogens is 162 g/mol. The Morgan fingerprint density at radius 2 is 2.15 bits per heavy atom. The van der Waals surface area contributed by atoms with Gasteiger partial charge in [-0.2, -0.15) is 0 Å². The lowest BCUT2D eigenvalue weighted by Crippen LogP contribution is -2.30. The SMILES string of the molecule is CC(=O)[C@@H](N)C[C@H](C)CCC1CC1. The van der Waals surface area contributed by atoms with Crippen molar-refractivity contribution in [3.05, 3.63) is 0 Å². The summed E-state index contributed by atoms with van der Waals surface area (Å²) in [6, 6.07) is -0.228. The van der Waals surface area contributed by atoms with Crippen molar-refractivity contribution < 1.29 is 4.79 Å². The van der Waals surface area contributed by atoms with Gasteiger partial charge in [0.25, 0.3) is 0 Å². The fourth-order valence-electron chi connectivity index (χ4n) is 1.64. The number of carbonyl (C=O) groups is 1. The van der Waals surface area contributed by atoms with Crippen LogP contribution in [0.2, 0.25) is 0 Å². The summed E-state index contributed by atoms with van der Waals surface area (Å²) in [6.07, 6.45) is 6.29. The third-order valence-corrected chi connectivity index (χ3v) is 2.94. The lowest BCUT2D eigenvalue weighted by Gasteiger charge is -2.14. The molecule has 0 bridgehead atoms. The van der Waals surface area contributed by atoms with E-state index >= 15 is 0 Å². The van der Waals surface area contributed by atoms with E-state index in [-0.39, 0.29) is 11.8 Å². The molecule has 0 amide bonds. The van der Waals surface area contributed by atoms with Crippen LogP contribution in [0.25, 0.3) is 0 Å². The quantitative estimate of drug-likeness (QED) is 0.685. The van der Waals surface area contributed by atoms with Crippen molar-refractivity contribution in [2.75, 3.05) is 0 Å². The molecule has 1 saturated carbocycles. The first-order valence-electron chi connectivity index (χ1n) is 5.35. The molecule has 2 atom stereocenters. The molecule has 0 aromatic carbocycles. The van der Waals surface area contributed by atoms with Gasteiger partial charge < -0.3 is 5.73 Å². The van der Waals surface area contributed by atoms with Crippen molar-refractivity contribution in [1.82, 2.24) is 0 Å². The van der Waals surface area contributed by atoms with Gasteiger partial charge in [-0.15, -0.1) is 0 Å². The number of Topliss-reactive ketones (excluding diaryl/α,β-unsaturated/α-hetero) is 1. The van der Waals surface area contributed by atoms with Crippen LogP contribution in [0, 0.1) is 11.8 Å². The Morgan fingerprint density at radius 3 is 2.62 bits per heavy atom. The molecule has 76 valence electrons. The van der Waals surface area contributed by atoms with Crippen LogP contribution in [-0.4, -0.2) is 11.8 Å². The van der Waals surface area contributed by atoms with E-state index in [9.17, 15) is 4.79 Å². The summed E-state index contributed by atoms with van der Waals surface area (Å²) in [4.78, 5) is 10.9. The molecule has 0 aromatic heterocycles. The molecule has 0 saturated heterocycles. The van der Waals surface area contributed by atoms with E-state index in [1.165, 1.54) is 25.7 Å². The molecule has 1 fully saturated rings. The van der Waals surface area contributed by atoms with Crippen LogP contribution in [0.5, 0.6) is 0 Å². The fourth-order valence-corrected chi connectivity index (χ4v) is 1.64. The van der Waals surface area contributed by atoms with Crippen LogP contribution in [0.4, 0.5) is 0 Å². The molecule has 2 N–H and O–H groups in total. The highest BCUT2D eigenvalue weighted by Gasteiger charge is 2.22. The Morgan fingerprint density at radius 1 is 1.54 bits per heavy atom. The Bertz CT molecular complexity index is 175. The van der Waals surface area contributed by atoms with Crippen molar-refractivity contribution >= 4 is 5.78 Å². The third kappa shape index (κ3) is 4.41. The van der Waals surface area contributed by atoms with Gasteiger partial charge >= 0.3 is 0 Å². The maximum Gasteiger partial charge on any atom is 0.146 e. The second-order valence-electron chi connectivity index (χ2n) is 4.58. The Kier molecular flexibility index (Phi) is 3.91. The summed E-state index contributed by atoms with van der Waals surface area (Å²) in [5, 5.41) is 0. The molecule has 1 aliphatic carbocycles. The highest BCUT2D eigenvalue weighted by atomic mass is 16.1. The maximum atomic E-state index is 10.9. The summed E-state index contributed by atoms with van der Waals surface area (Å²) >= 11 is 0. The van der Waals surface area contributed by atoms with Crippen molar-refractivity contribution in [3.63, 3.8) is 0 Å². The predicted molar refractivity (Wildman–Crippen MR) is 54.4 cm³/mol. The molecule has 2 heteroatoms. The van der Waals surface area contributed by atoms with Crippen LogP contribution in [-0.2, 0) is 4.79 Å². The minimum absolute atomic E-state index is 0.123. The minimum atomic E-state index is -0.228. The summed E-state index contributed by atoms with van der Waals surface area (Å²) in [5.74, 6) is 1.73. The molecule has 1 aliphatic rings. The lowest BCUT2D eigenvalue weighted by molar-refractivity contribution is -0.118. The summed E-state index contributed by atoms with van der Waals surface area (Å²) in [6.45, 7) is 3.78. The van der Waals surface area contributed by atoms with Crippen molar-refractivity contribution in [2.24, 2.45) is 17.6 Å². The van der Waals surface area contributed by atoms with Gasteiger partial charge in [-0.05, 0) is 25.2 Å². The molecule has 0 aromatic rings. The van der Waals surface area contributed by atoms with Gasteiger partial charge in [-0.3, -0.25) is 4.79 Å². The van der Waals surface area contributed by atoms with E-state index in [0.29, 0.717) is 5.92 Å². The first kappa shape index (κ1) is 10.7. The predicted octanol–water partition coefficient (Wildman–Crippen LogP) is 2.12. The molecule has 0 aliphatic heterocycles. The van der Waals surface area contributed by atoms with Crippen LogP contribution in [0.1, 0.15) is 46.0 Å². The smallest absolute Gasteiger partial charge is 0.146 e. The van der Waals surface area contributed by atoms with Gasteiger partial charge in [0.1, 0.15) is 5.78 Å². The summed E-state index contributed by atoms with van der Waals surface area (Å²) in [5.41, 5.74) is 5.69. The average Bonchev–Trinajstić information content (AvgIpc) is 2.83. The number of hydrogen-bond acceptors (Lipinski definition) is 2. The van der Waals surface area contributed by atoms with Crippen molar-refractivity contribution in [2.45, 2.75) is 52.0 Å². The van der Waals surface area contributed by atoms with Crippen LogP contribution < -0.4 is 5.73 Å². The lowest BCUT2D eigenvalue weighted by atomic mass is 9.95. The van der Waals surface area contributed by atoms with Crippen LogP contribution in [0.3, 0.4) is 0 Å².